The van der Waals surface area contributed by atoms with Crippen molar-refractivity contribution in [1.82, 2.24) is 10.2 Å². The van der Waals surface area contributed by atoms with Crippen molar-refractivity contribution >= 4 is 11.6 Å². The molecule has 0 amide bonds. The topological polar surface area (TPSA) is 24.5 Å². The van der Waals surface area contributed by atoms with E-state index in [1.807, 2.05) is 12.1 Å². The molecule has 2 fully saturated rings. The Balaban J connectivity index is 1.74. The Morgan fingerprint density at radius 3 is 2.68 bits per heavy atom. The number of nitrogens with one attached hydrogen (secondary N) is 1. The minimum Gasteiger partial charge on any atom is -0.375 e. The molecule has 1 atom stereocenters. The second-order valence-electron chi connectivity index (χ2n) is 6.40. The maximum Gasteiger partial charge on any atom is 0.0687 e. The third-order valence-corrected chi connectivity index (χ3v) is 4.91. The van der Waals surface area contributed by atoms with Crippen LogP contribution in [0.15, 0.2) is 36.4 Å². The predicted molar refractivity (Wildman–Crippen MR) is 91.5 cm³/mol. The molecular formula is C18H25ClN2O. The molecule has 0 saturated carbocycles. The molecule has 1 unspecified atom stereocenters. The minimum absolute atomic E-state index is 0.420. The van der Waals surface area contributed by atoms with Crippen LogP contribution in [0.2, 0.25) is 5.02 Å². The zero-order chi connectivity index (χ0) is 15.4. The van der Waals surface area contributed by atoms with Gasteiger partial charge in [-0.15, -0.1) is 0 Å². The largest absolute Gasteiger partial charge is 0.375 e. The maximum atomic E-state index is 6.00. The first-order chi connectivity index (χ1) is 10.7. The van der Waals surface area contributed by atoms with Crippen molar-refractivity contribution in [2.45, 2.75) is 31.3 Å². The quantitative estimate of drug-likeness (QED) is 0.867. The molecule has 2 heterocycles. The van der Waals surface area contributed by atoms with E-state index in [4.69, 9.17) is 16.3 Å². The Kier molecular flexibility index (Phi) is 5.53. The first kappa shape index (κ1) is 16.0. The molecular weight excluding hydrogens is 296 g/mol. The lowest BCUT2D eigenvalue weighted by molar-refractivity contribution is 0.0690. The van der Waals surface area contributed by atoms with E-state index < -0.39 is 0 Å². The summed E-state index contributed by atoms with van der Waals surface area (Å²) < 4.78 is 5.85. The standard InChI is InChI=1S/C18H25ClN2O/c1-14-11-21(17-6-8-20-9-7-17)18(13-22-12-14)10-15-2-4-16(19)5-3-15/h2-5,17-18,20H,1,6-13H2. The summed E-state index contributed by atoms with van der Waals surface area (Å²) in [4.78, 5) is 2.63. The summed E-state index contributed by atoms with van der Waals surface area (Å²) >= 11 is 6.00. The fourth-order valence-electron chi connectivity index (χ4n) is 3.50. The van der Waals surface area contributed by atoms with Gasteiger partial charge in [-0.25, -0.2) is 0 Å². The maximum absolute atomic E-state index is 6.00. The van der Waals surface area contributed by atoms with Crippen LogP contribution in [0.1, 0.15) is 18.4 Å². The Hall–Kier alpha value is -0.870. The van der Waals surface area contributed by atoms with Crippen LogP contribution in [0.3, 0.4) is 0 Å². The molecule has 120 valence electrons. The van der Waals surface area contributed by atoms with Gasteiger partial charge in [0.05, 0.1) is 13.2 Å². The Morgan fingerprint density at radius 2 is 1.95 bits per heavy atom. The number of rotatable bonds is 3. The molecule has 4 heteroatoms. The van der Waals surface area contributed by atoms with Gasteiger partial charge in [0.25, 0.3) is 0 Å². The van der Waals surface area contributed by atoms with Gasteiger partial charge >= 0.3 is 0 Å². The fraction of sp³-hybridized carbons (Fsp3) is 0.556. The van der Waals surface area contributed by atoms with Crippen molar-refractivity contribution in [2.24, 2.45) is 0 Å². The van der Waals surface area contributed by atoms with Crippen LogP contribution in [-0.2, 0) is 11.2 Å². The van der Waals surface area contributed by atoms with Crippen LogP contribution < -0.4 is 5.32 Å². The van der Waals surface area contributed by atoms with Crippen LogP contribution in [0.4, 0.5) is 0 Å². The van der Waals surface area contributed by atoms with Crippen molar-refractivity contribution in [3.63, 3.8) is 0 Å². The Bertz CT molecular complexity index is 496. The van der Waals surface area contributed by atoms with Crippen molar-refractivity contribution in [2.75, 3.05) is 32.8 Å². The van der Waals surface area contributed by atoms with Crippen LogP contribution >= 0.6 is 11.6 Å². The molecule has 1 N–H and O–H groups in total. The average Bonchev–Trinajstić information content (AvgIpc) is 2.72. The van der Waals surface area contributed by atoms with Crippen LogP contribution in [0.25, 0.3) is 0 Å². The summed E-state index contributed by atoms with van der Waals surface area (Å²) in [7, 11) is 0. The zero-order valence-electron chi connectivity index (χ0n) is 13.1. The molecule has 2 aliphatic rings. The highest BCUT2D eigenvalue weighted by Crippen LogP contribution is 2.22. The highest BCUT2D eigenvalue weighted by atomic mass is 35.5. The van der Waals surface area contributed by atoms with E-state index in [0.29, 0.717) is 18.7 Å². The van der Waals surface area contributed by atoms with Crippen molar-refractivity contribution in [1.29, 1.82) is 0 Å². The Morgan fingerprint density at radius 1 is 1.23 bits per heavy atom. The molecule has 0 radical (unpaired) electrons. The summed E-state index contributed by atoms with van der Waals surface area (Å²) in [5.74, 6) is 0. The first-order valence-electron chi connectivity index (χ1n) is 8.17. The summed E-state index contributed by atoms with van der Waals surface area (Å²) in [6, 6.07) is 9.26. The number of halogens is 1. The predicted octanol–water partition coefficient (Wildman–Crippen LogP) is 2.89. The first-order valence-corrected chi connectivity index (χ1v) is 8.55. The molecule has 2 aliphatic heterocycles. The summed E-state index contributed by atoms with van der Waals surface area (Å²) in [5.41, 5.74) is 2.52. The van der Waals surface area contributed by atoms with Crippen molar-refractivity contribution < 1.29 is 4.74 Å². The number of piperidine rings is 1. The second kappa shape index (κ2) is 7.60. The normalized spacial score (nSPS) is 25.1. The van der Waals surface area contributed by atoms with E-state index in [1.165, 1.54) is 24.0 Å². The van der Waals surface area contributed by atoms with Gasteiger partial charge in [0.15, 0.2) is 0 Å². The van der Waals surface area contributed by atoms with Crippen LogP contribution in [0, 0.1) is 0 Å². The molecule has 3 nitrogen and oxygen atoms in total. The van der Waals surface area contributed by atoms with Gasteiger partial charge < -0.3 is 10.1 Å². The number of hydrogen-bond donors (Lipinski definition) is 1. The van der Waals surface area contributed by atoms with E-state index in [9.17, 15) is 0 Å². The molecule has 1 aromatic carbocycles. The molecule has 1 aromatic rings. The van der Waals surface area contributed by atoms with Crippen LogP contribution in [-0.4, -0.2) is 49.8 Å². The Labute approximate surface area is 138 Å². The number of hydrogen-bond acceptors (Lipinski definition) is 3. The van der Waals surface area contributed by atoms with Gasteiger partial charge in [-0.2, -0.15) is 0 Å². The third kappa shape index (κ3) is 4.11. The second-order valence-corrected chi connectivity index (χ2v) is 6.84. The lowest BCUT2D eigenvalue weighted by Gasteiger charge is -2.39. The van der Waals surface area contributed by atoms with E-state index in [1.54, 1.807) is 0 Å². The lowest BCUT2D eigenvalue weighted by atomic mass is 9.98. The molecule has 22 heavy (non-hydrogen) atoms. The van der Waals surface area contributed by atoms with E-state index in [2.05, 4.69) is 28.9 Å². The zero-order valence-corrected chi connectivity index (χ0v) is 13.8. The molecule has 0 aromatic heterocycles. The smallest absolute Gasteiger partial charge is 0.0687 e. The molecule has 0 spiro atoms. The SMILES string of the molecule is C=C1COCC(Cc2ccc(Cl)cc2)N(C2CCNCC2)C1. The van der Waals surface area contributed by atoms with E-state index in [-0.39, 0.29) is 0 Å². The summed E-state index contributed by atoms with van der Waals surface area (Å²) in [6.07, 6.45) is 3.43. The number of ether oxygens (including phenoxy) is 1. The molecule has 2 saturated heterocycles. The van der Waals surface area contributed by atoms with E-state index >= 15 is 0 Å². The summed E-state index contributed by atoms with van der Waals surface area (Å²) in [5, 5.41) is 4.25. The average molecular weight is 321 g/mol. The third-order valence-electron chi connectivity index (χ3n) is 4.65. The van der Waals surface area contributed by atoms with Gasteiger partial charge in [-0.3, -0.25) is 4.90 Å². The highest BCUT2D eigenvalue weighted by Gasteiger charge is 2.30. The van der Waals surface area contributed by atoms with Crippen molar-refractivity contribution in [3.05, 3.63) is 47.0 Å². The number of nitrogens with zero attached hydrogens (tertiary/aromatic N) is 1. The van der Waals surface area contributed by atoms with Gasteiger partial charge in [0, 0.05) is 23.7 Å². The van der Waals surface area contributed by atoms with Gasteiger partial charge in [0.2, 0.25) is 0 Å². The van der Waals surface area contributed by atoms with Crippen molar-refractivity contribution in [3.8, 4) is 0 Å². The lowest BCUT2D eigenvalue weighted by Crippen LogP contribution is -2.50. The number of benzene rings is 1. The van der Waals surface area contributed by atoms with Crippen LogP contribution in [0.5, 0.6) is 0 Å². The molecule has 3 rings (SSSR count). The minimum atomic E-state index is 0.420. The van der Waals surface area contributed by atoms with Gasteiger partial charge in [-0.1, -0.05) is 30.3 Å². The molecule has 0 aliphatic carbocycles. The van der Waals surface area contributed by atoms with Gasteiger partial charge in [0.1, 0.15) is 0 Å². The monoisotopic (exact) mass is 320 g/mol. The van der Waals surface area contributed by atoms with Gasteiger partial charge in [-0.05, 0) is 55.6 Å². The highest BCUT2D eigenvalue weighted by molar-refractivity contribution is 6.30. The van der Waals surface area contributed by atoms with E-state index in [0.717, 1.165) is 37.7 Å². The molecule has 0 bridgehead atoms. The fourth-order valence-corrected chi connectivity index (χ4v) is 3.63. The summed E-state index contributed by atoms with van der Waals surface area (Å²) in [6.45, 7) is 8.84.